The van der Waals surface area contributed by atoms with Gasteiger partial charge in [0.1, 0.15) is 5.36 Å². The highest BCUT2D eigenvalue weighted by molar-refractivity contribution is 5.48. The number of hydrogen-bond donors (Lipinski definition) is 1. The van der Waals surface area contributed by atoms with Crippen molar-refractivity contribution in [2.45, 2.75) is 13.3 Å². The van der Waals surface area contributed by atoms with Crippen LogP contribution in [0.25, 0.3) is 5.73 Å². The van der Waals surface area contributed by atoms with Crippen LogP contribution in [-0.2, 0) is 6.42 Å². The fourth-order valence-corrected chi connectivity index (χ4v) is 1.53. The van der Waals surface area contributed by atoms with E-state index in [2.05, 4.69) is 17.8 Å². The molecule has 0 saturated carbocycles. The number of hydrogen-bond acceptors (Lipinski definition) is 3. The van der Waals surface area contributed by atoms with Crippen LogP contribution in [0.4, 0.5) is 5.69 Å². The molecule has 0 radical (unpaired) electrons. The van der Waals surface area contributed by atoms with Crippen molar-refractivity contribution in [3.63, 3.8) is 0 Å². The van der Waals surface area contributed by atoms with Crippen molar-refractivity contribution in [2.24, 2.45) is 5.10 Å². The minimum atomic E-state index is 0.775. The predicted octanol–water partition coefficient (Wildman–Crippen LogP) is 0.204. The standard InChI is InChI=1S/C11H13N3/c1-3-8-4-5-9-6-7-14(2)13-11(9)10(8)12/h4-5,7H,3,12H2,1-2H3. The van der Waals surface area contributed by atoms with Gasteiger partial charge in [0.05, 0.1) is 11.9 Å². The molecule has 3 nitrogen and oxygen atoms in total. The van der Waals surface area contributed by atoms with E-state index in [0.717, 1.165) is 28.2 Å². The largest absolute Gasteiger partial charge is 0.397 e. The lowest BCUT2D eigenvalue weighted by Crippen LogP contribution is -2.33. The second kappa shape index (κ2) is 3.20. The van der Waals surface area contributed by atoms with Gasteiger partial charge in [0.25, 0.3) is 0 Å². The van der Waals surface area contributed by atoms with Crippen molar-refractivity contribution in [3.8, 4) is 0 Å². The molecule has 1 aliphatic heterocycles. The summed E-state index contributed by atoms with van der Waals surface area (Å²) in [5, 5.41) is 7.88. The number of nitrogen functional groups attached to an aromatic ring is 1. The molecule has 0 spiro atoms. The van der Waals surface area contributed by atoms with Crippen molar-refractivity contribution in [2.75, 3.05) is 12.8 Å². The molecule has 72 valence electrons. The van der Waals surface area contributed by atoms with E-state index in [0.29, 0.717) is 0 Å². The average Bonchev–Trinajstić information content (AvgIpc) is 2.20. The summed E-state index contributed by atoms with van der Waals surface area (Å²) in [6.07, 6.45) is 2.73. The summed E-state index contributed by atoms with van der Waals surface area (Å²) in [6.45, 7) is 2.09. The highest BCUT2D eigenvalue weighted by Crippen LogP contribution is 2.04. The topological polar surface area (TPSA) is 41.6 Å². The Kier molecular flexibility index (Phi) is 2.02. The van der Waals surface area contributed by atoms with Gasteiger partial charge >= 0.3 is 0 Å². The summed E-state index contributed by atoms with van der Waals surface area (Å²) in [5.41, 5.74) is 11.1. The molecule has 0 aliphatic carbocycles. The average molecular weight is 187 g/mol. The molecule has 0 aromatic heterocycles. The van der Waals surface area contributed by atoms with Crippen LogP contribution >= 0.6 is 0 Å². The van der Waals surface area contributed by atoms with Gasteiger partial charge in [-0.3, -0.25) is 5.01 Å². The van der Waals surface area contributed by atoms with E-state index < -0.39 is 0 Å². The number of nitrogens with two attached hydrogens (primary N) is 1. The van der Waals surface area contributed by atoms with Crippen molar-refractivity contribution in [3.05, 3.63) is 34.5 Å². The summed E-state index contributed by atoms with van der Waals surface area (Å²) < 4.78 is 0. The van der Waals surface area contributed by atoms with Crippen LogP contribution in [0, 0.1) is 0 Å². The van der Waals surface area contributed by atoms with Crippen LogP contribution in [0.2, 0.25) is 0 Å². The smallest absolute Gasteiger partial charge is 0.122 e. The fourth-order valence-electron chi connectivity index (χ4n) is 1.53. The van der Waals surface area contributed by atoms with Gasteiger partial charge in [0.2, 0.25) is 0 Å². The minimum absolute atomic E-state index is 0.775. The van der Waals surface area contributed by atoms with Crippen LogP contribution in [0.5, 0.6) is 0 Å². The predicted molar refractivity (Wildman–Crippen MR) is 56.8 cm³/mol. The maximum Gasteiger partial charge on any atom is 0.122 e. The molecule has 0 saturated heterocycles. The van der Waals surface area contributed by atoms with Crippen molar-refractivity contribution in [1.82, 2.24) is 5.01 Å². The summed E-state index contributed by atoms with van der Waals surface area (Å²) >= 11 is 0. The number of benzene rings is 1. The van der Waals surface area contributed by atoms with Crippen LogP contribution < -0.4 is 16.3 Å². The molecule has 1 aliphatic rings. The number of fused-ring (bicyclic) bond motifs is 1. The minimum Gasteiger partial charge on any atom is -0.397 e. The third-order valence-corrected chi connectivity index (χ3v) is 2.35. The molecule has 3 heteroatoms. The van der Waals surface area contributed by atoms with E-state index in [1.165, 1.54) is 0 Å². The zero-order valence-electron chi connectivity index (χ0n) is 8.41. The summed E-state index contributed by atoms with van der Waals surface area (Å²) in [5.74, 6) is 0. The lowest BCUT2D eigenvalue weighted by Gasteiger charge is -2.10. The normalized spacial score (nSPS) is 13.1. The molecule has 0 unspecified atom stereocenters. The monoisotopic (exact) mass is 187 g/mol. The third-order valence-electron chi connectivity index (χ3n) is 2.35. The van der Waals surface area contributed by atoms with E-state index >= 15 is 0 Å². The van der Waals surface area contributed by atoms with E-state index in [1.807, 2.05) is 19.2 Å². The Morgan fingerprint density at radius 1 is 1.50 bits per heavy atom. The molecule has 1 aromatic carbocycles. The Morgan fingerprint density at radius 3 is 3.00 bits per heavy atom. The molecular formula is C11H13N3. The maximum absolute atomic E-state index is 6.00. The number of aryl methyl sites for hydroxylation is 1. The van der Waals surface area contributed by atoms with Gasteiger partial charge in [-0.05, 0) is 18.1 Å². The molecule has 1 aromatic rings. The summed E-state index contributed by atoms with van der Waals surface area (Å²) in [4.78, 5) is 0. The molecule has 1 heterocycles. The van der Waals surface area contributed by atoms with Crippen molar-refractivity contribution >= 4 is 11.4 Å². The van der Waals surface area contributed by atoms with Gasteiger partial charge in [-0.25, -0.2) is 0 Å². The first-order valence-corrected chi connectivity index (χ1v) is 4.68. The second-order valence-electron chi connectivity index (χ2n) is 3.34. The Morgan fingerprint density at radius 2 is 2.29 bits per heavy atom. The molecule has 14 heavy (non-hydrogen) atoms. The number of nitrogens with zero attached hydrogens (tertiary/aromatic N) is 2. The first kappa shape index (κ1) is 8.85. The van der Waals surface area contributed by atoms with E-state index in [4.69, 9.17) is 5.73 Å². The maximum atomic E-state index is 6.00. The zero-order chi connectivity index (χ0) is 10.1. The molecule has 0 amide bonds. The van der Waals surface area contributed by atoms with Crippen LogP contribution in [0.15, 0.2) is 23.4 Å². The second-order valence-corrected chi connectivity index (χ2v) is 3.34. The Bertz CT molecular complexity index is 510. The summed E-state index contributed by atoms with van der Waals surface area (Å²) in [7, 11) is 1.87. The van der Waals surface area contributed by atoms with E-state index in [-0.39, 0.29) is 0 Å². The van der Waals surface area contributed by atoms with Crippen molar-refractivity contribution in [1.29, 1.82) is 0 Å². The third kappa shape index (κ3) is 1.28. The van der Waals surface area contributed by atoms with Gasteiger partial charge < -0.3 is 5.73 Å². The summed E-state index contributed by atoms with van der Waals surface area (Å²) in [6, 6.07) is 4.05. The highest BCUT2D eigenvalue weighted by Gasteiger charge is 2.03. The van der Waals surface area contributed by atoms with Gasteiger partial charge in [0.15, 0.2) is 0 Å². The SMILES string of the molecule is CCc1ccc2c(c1N)=NN(C)C=C=2. The molecule has 2 rings (SSSR count). The molecule has 0 bridgehead atoms. The lowest BCUT2D eigenvalue weighted by atomic mass is 10.1. The number of rotatable bonds is 1. The molecule has 0 fully saturated rings. The quantitative estimate of drug-likeness (QED) is 0.638. The zero-order valence-corrected chi connectivity index (χ0v) is 8.41. The first-order chi connectivity index (χ1) is 6.72. The Labute approximate surface area is 82.8 Å². The Balaban J connectivity index is 2.84. The van der Waals surface area contributed by atoms with Gasteiger partial charge in [-0.1, -0.05) is 18.7 Å². The highest BCUT2D eigenvalue weighted by atomic mass is 15.4. The molecule has 2 N–H and O–H groups in total. The fraction of sp³-hybridized carbons (Fsp3) is 0.273. The van der Waals surface area contributed by atoms with Crippen molar-refractivity contribution < 1.29 is 0 Å². The van der Waals surface area contributed by atoms with E-state index in [9.17, 15) is 0 Å². The van der Waals surface area contributed by atoms with Gasteiger partial charge in [-0.2, -0.15) is 5.10 Å². The number of anilines is 1. The van der Waals surface area contributed by atoms with Crippen LogP contribution in [0.3, 0.4) is 0 Å². The van der Waals surface area contributed by atoms with Crippen LogP contribution in [0.1, 0.15) is 12.5 Å². The molecular weight excluding hydrogens is 174 g/mol. The van der Waals surface area contributed by atoms with Gasteiger partial charge in [-0.15, -0.1) is 0 Å². The van der Waals surface area contributed by atoms with Crippen LogP contribution in [-0.4, -0.2) is 12.1 Å². The molecule has 0 atom stereocenters. The lowest BCUT2D eigenvalue weighted by molar-refractivity contribution is 0.471. The van der Waals surface area contributed by atoms with E-state index in [1.54, 1.807) is 11.2 Å². The van der Waals surface area contributed by atoms with Gasteiger partial charge in [0, 0.05) is 12.3 Å². The first-order valence-electron chi connectivity index (χ1n) is 4.68. The Hall–Kier alpha value is -1.73.